The van der Waals surface area contributed by atoms with E-state index in [-0.39, 0.29) is 0 Å². The fourth-order valence-corrected chi connectivity index (χ4v) is 2.45. The maximum atomic E-state index is 5.67. The topological polar surface area (TPSA) is 35.2 Å². The summed E-state index contributed by atoms with van der Waals surface area (Å²) in [5.41, 5.74) is 6.43. The van der Waals surface area contributed by atoms with Crippen molar-refractivity contribution in [3.63, 3.8) is 0 Å². The SMILES string of the molecule is CCCCCSCCCOc1cccc(N)c1. The van der Waals surface area contributed by atoms with Crippen molar-refractivity contribution in [2.45, 2.75) is 32.6 Å². The second-order valence-electron chi connectivity index (χ2n) is 4.09. The molecule has 0 unspecified atom stereocenters. The third kappa shape index (κ3) is 7.16. The minimum Gasteiger partial charge on any atom is -0.493 e. The first-order chi connectivity index (χ1) is 8.33. The Morgan fingerprint density at radius 1 is 1.18 bits per heavy atom. The number of nitrogens with two attached hydrogens (primary N) is 1. The number of nitrogen functional groups attached to an aromatic ring is 1. The summed E-state index contributed by atoms with van der Waals surface area (Å²) >= 11 is 2.03. The lowest BCUT2D eigenvalue weighted by molar-refractivity contribution is 0.319. The Balaban J connectivity index is 1.97. The van der Waals surface area contributed by atoms with Crippen LogP contribution in [-0.2, 0) is 0 Å². The number of hydrogen-bond donors (Lipinski definition) is 1. The first-order valence-electron chi connectivity index (χ1n) is 6.39. The average molecular weight is 253 g/mol. The van der Waals surface area contributed by atoms with Gasteiger partial charge in [0.15, 0.2) is 0 Å². The highest BCUT2D eigenvalue weighted by atomic mass is 32.2. The van der Waals surface area contributed by atoms with Crippen LogP contribution in [0.2, 0.25) is 0 Å². The Morgan fingerprint density at radius 3 is 2.76 bits per heavy atom. The molecule has 0 aromatic heterocycles. The fourth-order valence-electron chi connectivity index (χ4n) is 1.51. The van der Waals surface area contributed by atoms with Gasteiger partial charge in [-0.3, -0.25) is 0 Å². The van der Waals surface area contributed by atoms with Gasteiger partial charge < -0.3 is 10.5 Å². The number of ether oxygens (including phenoxy) is 1. The van der Waals surface area contributed by atoms with Gasteiger partial charge in [0.05, 0.1) is 6.61 Å². The monoisotopic (exact) mass is 253 g/mol. The second-order valence-corrected chi connectivity index (χ2v) is 5.32. The van der Waals surface area contributed by atoms with Gasteiger partial charge in [-0.1, -0.05) is 25.8 Å². The molecule has 3 heteroatoms. The summed E-state index contributed by atoms with van der Waals surface area (Å²) in [7, 11) is 0. The van der Waals surface area contributed by atoms with Crippen LogP contribution in [0.25, 0.3) is 0 Å². The van der Waals surface area contributed by atoms with Crippen molar-refractivity contribution in [1.29, 1.82) is 0 Å². The van der Waals surface area contributed by atoms with E-state index in [0.717, 1.165) is 24.5 Å². The molecular weight excluding hydrogens is 230 g/mol. The van der Waals surface area contributed by atoms with Crippen LogP contribution in [0.3, 0.4) is 0 Å². The van der Waals surface area contributed by atoms with Crippen molar-refractivity contribution in [3.05, 3.63) is 24.3 Å². The highest BCUT2D eigenvalue weighted by molar-refractivity contribution is 7.99. The van der Waals surface area contributed by atoms with Crippen molar-refractivity contribution in [2.24, 2.45) is 0 Å². The van der Waals surface area contributed by atoms with Crippen LogP contribution >= 0.6 is 11.8 Å². The standard InChI is InChI=1S/C14H23NOS/c1-2-3-4-10-17-11-6-9-16-14-8-5-7-13(15)12-14/h5,7-8,12H,2-4,6,9-11,15H2,1H3. The Bertz CT molecular complexity index is 304. The minimum absolute atomic E-state index is 0.761. The molecule has 17 heavy (non-hydrogen) atoms. The lowest BCUT2D eigenvalue weighted by Crippen LogP contribution is -1.99. The molecule has 0 radical (unpaired) electrons. The molecule has 0 heterocycles. The smallest absolute Gasteiger partial charge is 0.121 e. The highest BCUT2D eigenvalue weighted by Gasteiger charge is 1.95. The van der Waals surface area contributed by atoms with Crippen molar-refractivity contribution in [2.75, 3.05) is 23.8 Å². The lowest BCUT2D eigenvalue weighted by Gasteiger charge is -2.06. The molecule has 0 aliphatic rings. The Labute approximate surface area is 109 Å². The van der Waals surface area contributed by atoms with Crippen LogP contribution in [-0.4, -0.2) is 18.1 Å². The van der Waals surface area contributed by atoms with Gasteiger partial charge >= 0.3 is 0 Å². The molecule has 2 nitrogen and oxygen atoms in total. The number of rotatable bonds is 9. The Kier molecular flexibility index (Phi) is 7.72. The summed E-state index contributed by atoms with van der Waals surface area (Å²) in [6.45, 7) is 3.02. The molecule has 0 aliphatic heterocycles. The summed E-state index contributed by atoms with van der Waals surface area (Å²) in [5.74, 6) is 3.35. The number of anilines is 1. The molecule has 0 aliphatic carbocycles. The summed E-state index contributed by atoms with van der Waals surface area (Å²) in [6, 6.07) is 7.61. The van der Waals surface area contributed by atoms with Gasteiger partial charge in [-0.25, -0.2) is 0 Å². The summed E-state index contributed by atoms with van der Waals surface area (Å²) in [4.78, 5) is 0. The Morgan fingerprint density at radius 2 is 2.00 bits per heavy atom. The number of unbranched alkanes of at least 4 members (excludes halogenated alkanes) is 2. The van der Waals surface area contributed by atoms with E-state index in [1.165, 1.54) is 30.8 Å². The lowest BCUT2D eigenvalue weighted by atomic mass is 10.3. The van der Waals surface area contributed by atoms with Gasteiger partial charge in [0.2, 0.25) is 0 Å². The van der Waals surface area contributed by atoms with E-state index in [1.54, 1.807) is 0 Å². The zero-order valence-electron chi connectivity index (χ0n) is 10.7. The largest absolute Gasteiger partial charge is 0.493 e. The van der Waals surface area contributed by atoms with Gasteiger partial charge in [-0.2, -0.15) is 11.8 Å². The van der Waals surface area contributed by atoms with E-state index >= 15 is 0 Å². The quantitative estimate of drug-likeness (QED) is 0.534. The molecule has 0 atom stereocenters. The van der Waals surface area contributed by atoms with Gasteiger partial charge in [-0.05, 0) is 36.5 Å². The Hall–Kier alpha value is -0.830. The van der Waals surface area contributed by atoms with E-state index in [0.29, 0.717) is 0 Å². The number of thioether (sulfide) groups is 1. The van der Waals surface area contributed by atoms with Crippen LogP contribution in [0.15, 0.2) is 24.3 Å². The fraction of sp³-hybridized carbons (Fsp3) is 0.571. The number of hydrogen-bond acceptors (Lipinski definition) is 3. The molecular formula is C14H23NOS. The van der Waals surface area contributed by atoms with E-state index in [4.69, 9.17) is 10.5 Å². The second kappa shape index (κ2) is 9.23. The molecule has 0 fully saturated rings. The zero-order chi connectivity index (χ0) is 12.3. The molecule has 1 aromatic rings. The molecule has 1 rings (SSSR count). The maximum Gasteiger partial charge on any atom is 0.121 e. The maximum absolute atomic E-state index is 5.67. The van der Waals surface area contributed by atoms with Gasteiger partial charge in [0.25, 0.3) is 0 Å². The summed E-state index contributed by atoms with van der Waals surface area (Å²) in [6.07, 6.45) is 5.11. The molecule has 1 aromatic carbocycles. The van der Waals surface area contributed by atoms with Crippen LogP contribution < -0.4 is 10.5 Å². The third-order valence-corrected chi connectivity index (χ3v) is 3.61. The van der Waals surface area contributed by atoms with Crippen molar-refractivity contribution in [1.82, 2.24) is 0 Å². The van der Waals surface area contributed by atoms with Crippen LogP contribution in [0.4, 0.5) is 5.69 Å². The zero-order valence-corrected chi connectivity index (χ0v) is 11.5. The van der Waals surface area contributed by atoms with E-state index < -0.39 is 0 Å². The van der Waals surface area contributed by atoms with Crippen molar-refractivity contribution < 1.29 is 4.74 Å². The van der Waals surface area contributed by atoms with E-state index in [9.17, 15) is 0 Å². The summed E-state index contributed by atoms with van der Waals surface area (Å²) < 4.78 is 5.62. The normalized spacial score (nSPS) is 10.4. The summed E-state index contributed by atoms with van der Waals surface area (Å²) in [5, 5.41) is 0. The molecule has 0 saturated heterocycles. The first-order valence-corrected chi connectivity index (χ1v) is 7.54. The van der Waals surface area contributed by atoms with Gasteiger partial charge in [-0.15, -0.1) is 0 Å². The predicted molar refractivity (Wildman–Crippen MR) is 77.8 cm³/mol. The van der Waals surface area contributed by atoms with Crippen LogP contribution in [0.5, 0.6) is 5.75 Å². The minimum atomic E-state index is 0.761. The van der Waals surface area contributed by atoms with E-state index in [2.05, 4.69) is 6.92 Å². The molecule has 2 N–H and O–H groups in total. The van der Waals surface area contributed by atoms with Gasteiger partial charge in [0, 0.05) is 11.8 Å². The van der Waals surface area contributed by atoms with Crippen LogP contribution in [0.1, 0.15) is 32.6 Å². The van der Waals surface area contributed by atoms with Gasteiger partial charge in [0.1, 0.15) is 5.75 Å². The highest BCUT2D eigenvalue weighted by Crippen LogP contribution is 2.15. The predicted octanol–water partition coefficient (Wildman–Crippen LogP) is 3.96. The number of benzene rings is 1. The molecule has 0 bridgehead atoms. The van der Waals surface area contributed by atoms with Crippen LogP contribution in [0, 0.1) is 0 Å². The molecule has 0 spiro atoms. The van der Waals surface area contributed by atoms with Crippen molar-refractivity contribution >= 4 is 17.4 Å². The van der Waals surface area contributed by atoms with Crippen molar-refractivity contribution in [3.8, 4) is 5.75 Å². The first kappa shape index (κ1) is 14.2. The molecule has 0 amide bonds. The molecule has 0 saturated carbocycles. The average Bonchev–Trinajstić information content (AvgIpc) is 2.33. The third-order valence-electron chi connectivity index (χ3n) is 2.45. The molecule has 96 valence electrons. The van der Waals surface area contributed by atoms with E-state index in [1.807, 2.05) is 36.0 Å².